The average Bonchev–Trinajstić information content (AvgIpc) is 3.12. The molecule has 2 aliphatic rings. The van der Waals surface area contributed by atoms with Crippen molar-refractivity contribution in [2.45, 2.75) is 59.3 Å². The van der Waals surface area contributed by atoms with E-state index in [9.17, 15) is 14.9 Å². The van der Waals surface area contributed by atoms with E-state index in [4.69, 9.17) is 12.2 Å². The summed E-state index contributed by atoms with van der Waals surface area (Å²) in [6.07, 6.45) is 8.76. The number of thioether (sulfide) groups is 1. The number of unbranched alkanes of at least 4 members (excludes halogenated alkanes) is 5. The molecule has 0 N–H and O–H groups in total. The van der Waals surface area contributed by atoms with E-state index in [0.717, 1.165) is 56.9 Å². The highest BCUT2D eigenvalue weighted by molar-refractivity contribution is 8.26. The lowest BCUT2D eigenvalue weighted by atomic mass is 10.0. The van der Waals surface area contributed by atoms with Gasteiger partial charge < -0.3 is 9.80 Å². The fourth-order valence-corrected chi connectivity index (χ4v) is 6.03. The van der Waals surface area contributed by atoms with Crippen LogP contribution in [0.15, 0.2) is 9.70 Å². The predicted molar refractivity (Wildman–Crippen MR) is 149 cm³/mol. The maximum absolute atomic E-state index is 13.3. The van der Waals surface area contributed by atoms with Crippen molar-refractivity contribution in [3.8, 4) is 6.07 Å². The van der Waals surface area contributed by atoms with E-state index >= 15 is 0 Å². The molecule has 2 aliphatic heterocycles. The average molecular weight is 516 g/mol. The maximum Gasteiger partial charge on any atom is 0.270 e. The van der Waals surface area contributed by atoms with Crippen LogP contribution in [0.5, 0.6) is 0 Å². The maximum atomic E-state index is 13.3. The molecule has 9 heteroatoms. The van der Waals surface area contributed by atoms with Gasteiger partial charge in [0.15, 0.2) is 0 Å². The number of carbonyl (C=O) groups is 1. The number of amides is 1. The number of hydrogen-bond acceptors (Lipinski definition) is 7. The summed E-state index contributed by atoms with van der Waals surface area (Å²) in [5.74, 6) is 0.686. The summed E-state index contributed by atoms with van der Waals surface area (Å²) in [4.78, 5) is 33.1. The van der Waals surface area contributed by atoms with E-state index in [1.54, 1.807) is 23.4 Å². The minimum atomic E-state index is -0.300. The highest BCUT2D eigenvalue weighted by atomic mass is 32.2. The van der Waals surface area contributed by atoms with Crippen LogP contribution in [0.25, 0.3) is 6.08 Å². The highest BCUT2D eigenvalue weighted by Crippen LogP contribution is 2.36. The van der Waals surface area contributed by atoms with E-state index in [1.165, 1.54) is 37.4 Å². The minimum absolute atomic E-state index is 0.0814. The van der Waals surface area contributed by atoms with Gasteiger partial charge >= 0.3 is 0 Å². The molecule has 0 radical (unpaired) electrons. The van der Waals surface area contributed by atoms with Crippen molar-refractivity contribution in [3.05, 3.63) is 31.9 Å². The number of piperazine rings is 1. The molecule has 0 unspecified atom stereocenters. The van der Waals surface area contributed by atoms with Crippen molar-refractivity contribution in [2.75, 3.05) is 44.2 Å². The number of rotatable bonds is 10. The number of aromatic nitrogens is 1. The fraction of sp³-hybridized carbons (Fsp3) is 0.615. The van der Waals surface area contributed by atoms with Gasteiger partial charge in [0.05, 0.1) is 4.91 Å². The van der Waals surface area contributed by atoms with Gasteiger partial charge in [-0.15, -0.1) is 0 Å². The second kappa shape index (κ2) is 12.7. The van der Waals surface area contributed by atoms with Crippen LogP contribution in [0.2, 0.25) is 0 Å². The van der Waals surface area contributed by atoms with E-state index in [2.05, 4.69) is 29.7 Å². The zero-order valence-corrected chi connectivity index (χ0v) is 23.1. The standard InChI is InChI=1S/C26H37N5O2S2/c1-5-7-8-9-10-11-12-31-25(33)22(35-26(31)34)17-20-19(3)21(18-27)24(32)28(4)23(20)30-15-13-29(6-2)14-16-30/h17H,5-16H2,1-4H3/b22-17+. The summed E-state index contributed by atoms with van der Waals surface area (Å²) in [7, 11) is 1.71. The molecule has 2 saturated heterocycles. The number of nitriles is 1. The van der Waals surface area contributed by atoms with Crippen LogP contribution in [0.4, 0.5) is 5.82 Å². The Morgan fingerprint density at radius 2 is 1.71 bits per heavy atom. The molecule has 1 aromatic heterocycles. The first-order valence-corrected chi connectivity index (χ1v) is 13.9. The normalized spacial score (nSPS) is 18.1. The number of thiocarbonyl (C=S) groups is 1. The summed E-state index contributed by atoms with van der Waals surface area (Å²) in [6.45, 7) is 11.2. The van der Waals surface area contributed by atoms with Gasteiger partial charge in [-0.05, 0) is 31.5 Å². The van der Waals surface area contributed by atoms with Crippen LogP contribution >= 0.6 is 24.0 Å². The molecule has 0 aromatic carbocycles. The number of likely N-dealkylation sites (N-methyl/N-ethyl adjacent to an activating group) is 1. The van der Waals surface area contributed by atoms with Gasteiger partial charge in [-0.2, -0.15) is 5.26 Å². The topological polar surface area (TPSA) is 72.6 Å². The quantitative estimate of drug-likeness (QED) is 0.262. The first kappa shape index (κ1) is 27.4. The number of carbonyl (C=O) groups excluding carboxylic acids is 1. The predicted octanol–water partition coefficient (Wildman–Crippen LogP) is 4.27. The minimum Gasteiger partial charge on any atom is -0.355 e. The lowest BCUT2D eigenvalue weighted by Gasteiger charge is -2.37. The Morgan fingerprint density at radius 3 is 2.34 bits per heavy atom. The van der Waals surface area contributed by atoms with Crippen molar-refractivity contribution in [3.63, 3.8) is 0 Å². The molecule has 1 amide bonds. The molecule has 0 bridgehead atoms. The third-order valence-electron chi connectivity index (χ3n) is 6.97. The molecule has 35 heavy (non-hydrogen) atoms. The largest absolute Gasteiger partial charge is 0.355 e. The number of hydrogen-bond donors (Lipinski definition) is 0. The Labute approximate surface area is 218 Å². The van der Waals surface area contributed by atoms with Crippen LogP contribution in [-0.2, 0) is 11.8 Å². The summed E-state index contributed by atoms with van der Waals surface area (Å²) in [6, 6.07) is 2.08. The fourth-order valence-electron chi connectivity index (χ4n) is 4.74. The lowest BCUT2D eigenvalue weighted by molar-refractivity contribution is -0.122. The summed E-state index contributed by atoms with van der Waals surface area (Å²) >= 11 is 6.86. The van der Waals surface area contributed by atoms with Gasteiger partial charge in [-0.3, -0.25) is 19.1 Å². The Morgan fingerprint density at radius 1 is 1.06 bits per heavy atom. The Bertz CT molecular complexity index is 1080. The van der Waals surface area contributed by atoms with Crippen LogP contribution in [0.1, 0.15) is 69.1 Å². The van der Waals surface area contributed by atoms with Crippen molar-refractivity contribution in [1.29, 1.82) is 5.26 Å². The van der Waals surface area contributed by atoms with Crippen LogP contribution in [-0.4, -0.2) is 63.9 Å². The summed E-state index contributed by atoms with van der Waals surface area (Å²) < 4.78 is 2.15. The molecule has 7 nitrogen and oxygen atoms in total. The Kier molecular flexibility index (Phi) is 9.96. The van der Waals surface area contributed by atoms with E-state index in [1.807, 2.05) is 6.08 Å². The third kappa shape index (κ3) is 6.16. The zero-order chi connectivity index (χ0) is 25.5. The number of pyridine rings is 1. The molecule has 0 aliphatic carbocycles. The van der Waals surface area contributed by atoms with Gasteiger partial charge in [0.1, 0.15) is 21.8 Å². The van der Waals surface area contributed by atoms with Crippen molar-refractivity contribution in [2.24, 2.45) is 7.05 Å². The first-order valence-electron chi connectivity index (χ1n) is 12.7. The third-order valence-corrected chi connectivity index (χ3v) is 8.35. The molecule has 0 spiro atoms. The lowest BCUT2D eigenvalue weighted by Crippen LogP contribution is -2.48. The Hall–Kier alpha value is -2.15. The molecule has 0 atom stereocenters. The van der Waals surface area contributed by atoms with E-state index in [-0.39, 0.29) is 17.0 Å². The molecule has 1 aromatic rings. The number of nitrogens with zero attached hydrogens (tertiary/aromatic N) is 5. The van der Waals surface area contributed by atoms with Gasteiger partial charge in [-0.25, -0.2) is 0 Å². The van der Waals surface area contributed by atoms with Gasteiger partial charge in [-0.1, -0.05) is 69.9 Å². The van der Waals surface area contributed by atoms with Gasteiger partial charge in [0.2, 0.25) is 0 Å². The smallest absolute Gasteiger partial charge is 0.270 e. The second-order valence-electron chi connectivity index (χ2n) is 9.24. The second-order valence-corrected chi connectivity index (χ2v) is 10.9. The monoisotopic (exact) mass is 515 g/mol. The molecule has 190 valence electrons. The molecule has 0 saturated carbocycles. The summed E-state index contributed by atoms with van der Waals surface area (Å²) in [5.41, 5.74) is 1.20. The van der Waals surface area contributed by atoms with E-state index < -0.39 is 0 Å². The highest BCUT2D eigenvalue weighted by Gasteiger charge is 2.33. The Balaban J connectivity index is 1.89. The van der Waals surface area contributed by atoms with Crippen molar-refractivity contribution in [1.82, 2.24) is 14.4 Å². The van der Waals surface area contributed by atoms with Gasteiger partial charge in [0, 0.05) is 45.3 Å². The molecular formula is C26H37N5O2S2. The van der Waals surface area contributed by atoms with Crippen LogP contribution in [0, 0.1) is 18.3 Å². The van der Waals surface area contributed by atoms with Gasteiger partial charge in [0.25, 0.3) is 11.5 Å². The molecule has 3 rings (SSSR count). The molecular weight excluding hydrogens is 478 g/mol. The zero-order valence-electron chi connectivity index (χ0n) is 21.4. The molecule has 3 heterocycles. The molecule has 2 fully saturated rings. The van der Waals surface area contributed by atoms with Crippen molar-refractivity contribution >= 4 is 46.1 Å². The summed E-state index contributed by atoms with van der Waals surface area (Å²) in [5, 5.41) is 9.68. The van der Waals surface area contributed by atoms with Crippen LogP contribution in [0.3, 0.4) is 0 Å². The van der Waals surface area contributed by atoms with Crippen LogP contribution < -0.4 is 10.5 Å². The SMILES string of the molecule is CCCCCCCCN1C(=O)/C(=C\c2c(C)c(C#N)c(=O)n(C)c2N2CCN(CC)CC2)SC1=S. The van der Waals surface area contributed by atoms with E-state index in [0.29, 0.717) is 21.3 Å². The van der Waals surface area contributed by atoms with Crippen molar-refractivity contribution < 1.29 is 4.79 Å². The first-order chi connectivity index (χ1) is 16.8. The number of anilines is 1.